The third kappa shape index (κ3) is 2.25. The van der Waals surface area contributed by atoms with Crippen molar-refractivity contribution in [2.45, 2.75) is 26.3 Å². The summed E-state index contributed by atoms with van der Waals surface area (Å²) in [6.45, 7) is 3.00. The molecule has 0 aromatic carbocycles. The van der Waals surface area contributed by atoms with Crippen LogP contribution in [0.3, 0.4) is 0 Å². The van der Waals surface area contributed by atoms with E-state index in [9.17, 15) is 4.79 Å². The SMILES string of the molecule is CCC1CC1Cn1cc(N)cc(Br)c1=O. The van der Waals surface area contributed by atoms with Gasteiger partial charge >= 0.3 is 0 Å². The Morgan fingerprint density at radius 3 is 2.93 bits per heavy atom. The van der Waals surface area contributed by atoms with Gasteiger partial charge < -0.3 is 10.3 Å². The van der Waals surface area contributed by atoms with E-state index in [1.807, 2.05) is 0 Å². The summed E-state index contributed by atoms with van der Waals surface area (Å²) < 4.78 is 2.27. The average molecular weight is 271 g/mol. The molecule has 82 valence electrons. The second kappa shape index (κ2) is 4.00. The summed E-state index contributed by atoms with van der Waals surface area (Å²) in [4.78, 5) is 11.7. The Morgan fingerprint density at radius 2 is 2.33 bits per heavy atom. The fourth-order valence-corrected chi connectivity index (χ4v) is 2.54. The van der Waals surface area contributed by atoms with Crippen LogP contribution in [-0.4, -0.2) is 4.57 Å². The van der Waals surface area contributed by atoms with E-state index in [1.54, 1.807) is 16.8 Å². The molecule has 1 aliphatic rings. The average Bonchev–Trinajstić information content (AvgIpc) is 2.92. The maximum atomic E-state index is 11.7. The standard InChI is InChI=1S/C11H15BrN2O/c1-2-7-3-8(7)5-14-6-9(13)4-10(12)11(14)15/h4,6-8H,2-3,5,13H2,1H3. The lowest BCUT2D eigenvalue weighted by Crippen LogP contribution is -2.21. The second-order valence-corrected chi connectivity index (χ2v) is 5.10. The third-order valence-corrected chi connectivity index (χ3v) is 3.66. The zero-order valence-corrected chi connectivity index (χ0v) is 10.3. The Kier molecular flexibility index (Phi) is 2.87. The number of nitrogens with zero attached hydrogens (tertiary/aromatic N) is 1. The van der Waals surface area contributed by atoms with Gasteiger partial charge in [0, 0.05) is 18.4 Å². The third-order valence-electron chi connectivity index (χ3n) is 3.09. The molecule has 2 atom stereocenters. The van der Waals surface area contributed by atoms with Crippen LogP contribution in [0.25, 0.3) is 0 Å². The van der Waals surface area contributed by atoms with Crippen molar-refractivity contribution in [1.29, 1.82) is 0 Å². The van der Waals surface area contributed by atoms with E-state index >= 15 is 0 Å². The highest BCUT2D eigenvalue weighted by Gasteiger charge is 2.35. The molecule has 3 nitrogen and oxygen atoms in total. The molecular formula is C11H15BrN2O. The fraction of sp³-hybridized carbons (Fsp3) is 0.545. The molecular weight excluding hydrogens is 256 g/mol. The number of halogens is 1. The zero-order chi connectivity index (χ0) is 11.0. The topological polar surface area (TPSA) is 48.0 Å². The van der Waals surface area contributed by atoms with Crippen molar-refractivity contribution in [2.75, 3.05) is 5.73 Å². The highest BCUT2D eigenvalue weighted by Crippen LogP contribution is 2.41. The number of anilines is 1. The number of rotatable bonds is 3. The van der Waals surface area contributed by atoms with E-state index in [-0.39, 0.29) is 5.56 Å². The molecule has 2 rings (SSSR count). The van der Waals surface area contributed by atoms with E-state index in [0.29, 0.717) is 16.1 Å². The molecule has 0 radical (unpaired) electrons. The molecule has 0 spiro atoms. The lowest BCUT2D eigenvalue weighted by molar-refractivity contribution is 0.556. The van der Waals surface area contributed by atoms with Gasteiger partial charge in [0.05, 0.1) is 4.47 Å². The molecule has 1 aromatic rings. The van der Waals surface area contributed by atoms with Gasteiger partial charge in [-0.25, -0.2) is 0 Å². The Morgan fingerprint density at radius 1 is 1.60 bits per heavy atom. The number of hydrogen-bond acceptors (Lipinski definition) is 2. The fourth-order valence-electron chi connectivity index (χ4n) is 2.04. The molecule has 1 saturated carbocycles. The van der Waals surface area contributed by atoms with Crippen molar-refractivity contribution in [3.8, 4) is 0 Å². The van der Waals surface area contributed by atoms with Gasteiger partial charge in [0.25, 0.3) is 5.56 Å². The molecule has 0 saturated heterocycles. The molecule has 1 aromatic heterocycles. The van der Waals surface area contributed by atoms with Gasteiger partial charge in [0.15, 0.2) is 0 Å². The lowest BCUT2D eigenvalue weighted by atomic mass is 10.2. The van der Waals surface area contributed by atoms with Gasteiger partial charge in [-0.05, 0) is 40.3 Å². The highest BCUT2D eigenvalue weighted by atomic mass is 79.9. The monoisotopic (exact) mass is 270 g/mol. The van der Waals surface area contributed by atoms with Crippen molar-refractivity contribution in [1.82, 2.24) is 4.57 Å². The van der Waals surface area contributed by atoms with Crippen molar-refractivity contribution in [3.63, 3.8) is 0 Å². The number of nitrogens with two attached hydrogens (primary N) is 1. The lowest BCUT2D eigenvalue weighted by Gasteiger charge is -2.06. The number of nitrogen functional groups attached to an aromatic ring is 1. The first-order valence-corrected chi connectivity index (χ1v) is 6.06. The maximum absolute atomic E-state index is 11.7. The van der Waals surface area contributed by atoms with Crippen LogP contribution >= 0.6 is 15.9 Å². The Balaban J connectivity index is 2.18. The minimum Gasteiger partial charge on any atom is -0.398 e. The van der Waals surface area contributed by atoms with E-state index < -0.39 is 0 Å². The molecule has 1 fully saturated rings. The first kappa shape index (κ1) is 10.7. The summed E-state index contributed by atoms with van der Waals surface area (Å²) >= 11 is 3.23. The van der Waals surface area contributed by atoms with E-state index in [0.717, 1.165) is 12.5 Å². The second-order valence-electron chi connectivity index (χ2n) is 4.24. The molecule has 2 N–H and O–H groups in total. The van der Waals surface area contributed by atoms with Crippen LogP contribution in [0.2, 0.25) is 0 Å². The molecule has 0 bridgehead atoms. The summed E-state index contributed by atoms with van der Waals surface area (Å²) in [5, 5.41) is 0. The maximum Gasteiger partial charge on any atom is 0.264 e. The van der Waals surface area contributed by atoms with Gasteiger partial charge in [0.1, 0.15) is 0 Å². The summed E-state index contributed by atoms with van der Waals surface area (Å²) in [6, 6.07) is 1.66. The summed E-state index contributed by atoms with van der Waals surface area (Å²) in [5.74, 6) is 1.47. The van der Waals surface area contributed by atoms with Crippen LogP contribution in [0.1, 0.15) is 19.8 Å². The molecule has 0 aliphatic heterocycles. The number of hydrogen-bond donors (Lipinski definition) is 1. The van der Waals surface area contributed by atoms with Crippen LogP contribution in [-0.2, 0) is 6.54 Å². The summed E-state index contributed by atoms with van der Waals surface area (Å²) in [7, 11) is 0. The predicted molar refractivity (Wildman–Crippen MR) is 64.7 cm³/mol. The van der Waals surface area contributed by atoms with Crippen LogP contribution in [0, 0.1) is 11.8 Å². The van der Waals surface area contributed by atoms with Gasteiger partial charge in [-0.1, -0.05) is 13.3 Å². The molecule has 0 amide bonds. The van der Waals surface area contributed by atoms with Crippen LogP contribution in [0.15, 0.2) is 21.5 Å². The zero-order valence-electron chi connectivity index (χ0n) is 8.74. The van der Waals surface area contributed by atoms with Gasteiger partial charge in [-0.2, -0.15) is 0 Å². The molecule has 2 unspecified atom stereocenters. The van der Waals surface area contributed by atoms with Crippen molar-refractivity contribution < 1.29 is 0 Å². The quantitative estimate of drug-likeness (QED) is 0.916. The first-order valence-electron chi connectivity index (χ1n) is 5.27. The number of pyridine rings is 1. The summed E-state index contributed by atoms with van der Waals surface area (Å²) in [5.41, 5.74) is 6.36. The van der Waals surface area contributed by atoms with Crippen molar-refractivity contribution in [2.24, 2.45) is 11.8 Å². The minimum atomic E-state index is 0.0194. The molecule has 1 heterocycles. The van der Waals surface area contributed by atoms with Crippen molar-refractivity contribution in [3.05, 3.63) is 27.1 Å². The van der Waals surface area contributed by atoms with Gasteiger partial charge in [-0.15, -0.1) is 0 Å². The molecule has 4 heteroatoms. The smallest absolute Gasteiger partial charge is 0.264 e. The van der Waals surface area contributed by atoms with E-state index in [1.165, 1.54) is 12.8 Å². The van der Waals surface area contributed by atoms with Gasteiger partial charge in [-0.3, -0.25) is 4.79 Å². The highest BCUT2D eigenvalue weighted by molar-refractivity contribution is 9.10. The minimum absolute atomic E-state index is 0.0194. The Labute approximate surface area is 97.4 Å². The Hall–Kier alpha value is -0.770. The largest absolute Gasteiger partial charge is 0.398 e. The van der Waals surface area contributed by atoms with Crippen LogP contribution < -0.4 is 11.3 Å². The molecule has 1 aliphatic carbocycles. The van der Waals surface area contributed by atoms with E-state index in [2.05, 4.69) is 22.9 Å². The van der Waals surface area contributed by atoms with Crippen LogP contribution in [0.5, 0.6) is 0 Å². The summed E-state index contributed by atoms with van der Waals surface area (Å²) in [6.07, 6.45) is 4.19. The first-order chi connectivity index (χ1) is 7.11. The molecule has 15 heavy (non-hydrogen) atoms. The predicted octanol–water partition coefficient (Wildman–Crippen LogP) is 2.24. The van der Waals surface area contributed by atoms with E-state index in [4.69, 9.17) is 5.73 Å². The normalized spacial score (nSPS) is 24.1. The van der Waals surface area contributed by atoms with Crippen LogP contribution in [0.4, 0.5) is 5.69 Å². The van der Waals surface area contributed by atoms with Crippen molar-refractivity contribution >= 4 is 21.6 Å². The number of aromatic nitrogens is 1. The van der Waals surface area contributed by atoms with Gasteiger partial charge in [0.2, 0.25) is 0 Å². The Bertz CT molecular complexity index is 427.